The molecule has 0 radical (unpaired) electrons. The minimum absolute atomic E-state index is 0. The minimum atomic E-state index is -0.826. The van der Waals surface area contributed by atoms with Gasteiger partial charge in [-0.05, 0) is 11.6 Å². The predicted octanol–water partition coefficient (Wildman–Crippen LogP) is 4.42. The zero-order chi connectivity index (χ0) is 11.8. The van der Waals surface area contributed by atoms with E-state index in [2.05, 4.69) is 34.9 Å². The number of halogens is 2. The Morgan fingerprint density at radius 1 is 1.41 bits per heavy atom. The Labute approximate surface area is 123 Å². The van der Waals surface area contributed by atoms with E-state index in [-0.39, 0.29) is 7.43 Å². The standard InChI is InChI=1S/C11H15N2.CH3.2ClH.Zr/c1-12-7-6-9-8-13-11-5-3-2-4-10(9)11;;;;/h2-5,9,13H,6-8H2,1H3;1H3;2*1H;/q2*-1;;;+4/p-2. The van der Waals surface area contributed by atoms with Crippen molar-refractivity contribution < 1.29 is 20.8 Å². The molecule has 0 aromatic heterocycles. The van der Waals surface area contributed by atoms with E-state index < -0.39 is 20.8 Å². The van der Waals surface area contributed by atoms with Gasteiger partial charge < -0.3 is 18.1 Å². The van der Waals surface area contributed by atoms with Crippen molar-refractivity contribution in [3.05, 3.63) is 42.6 Å². The van der Waals surface area contributed by atoms with E-state index in [0.717, 1.165) is 13.1 Å². The van der Waals surface area contributed by atoms with Crippen LogP contribution >= 0.6 is 17.0 Å². The number of anilines is 1. The molecule has 94 valence electrons. The zero-order valence-corrected chi connectivity index (χ0v) is 14.2. The second-order valence-corrected chi connectivity index (χ2v) is 7.30. The van der Waals surface area contributed by atoms with E-state index in [9.17, 15) is 0 Å². The first-order valence-electron chi connectivity index (χ1n) is 5.18. The van der Waals surface area contributed by atoms with Crippen molar-refractivity contribution in [1.82, 2.24) is 0 Å². The third kappa shape index (κ3) is 5.74. The molecule has 1 unspecified atom stereocenters. The molecule has 1 heterocycles. The van der Waals surface area contributed by atoms with E-state index in [0.29, 0.717) is 5.92 Å². The number of hydrogen-bond donors (Lipinski definition) is 1. The van der Waals surface area contributed by atoms with E-state index in [4.69, 9.17) is 17.0 Å². The van der Waals surface area contributed by atoms with Crippen LogP contribution in [0.15, 0.2) is 24.3 Å². The van der Waals surface area contributed by atoms with Gasteiger partial charge in [-0.1, -0.05) is 24.6 Å². The van der Waals surface area contributed by atoms with Gasteiger partial charge in [0.15, 0.2) is 0 Å². The van der Waals surface area contributed by atoms with Crippen LogP contribution in [0.2, 0.25) is 0 Å². The third-order valence-corrected chi connectivity index (χ3v) is 2.64. The second kappa shape index (κ2) is 10.4. The topological polar surface area (TPSA) is 26.1 Å². The Morgan fingerprint density at radius 2 is 2.06 bits per heavy atom. The summed E-state index contributed by atoms with van der Waals surface area (Å²) < 4.78 is 0. The summed E-state index contributed by atoms with van der Waals surface area (Å²) in [6, 6.07) is 8.56. The van der Waals surface area contributed by atoms with Gasteiger partial charge in [0.05, 0.1) is 0 Å². The maximum atomic E-state index is 4.93. The Morgan fingerprint density at radius 3 is 2.71 bits per heavy atom. The maximum absolute atomic E-state index is 4.93. The van der Waals surface area contributed by atoms with Crippen LogP contribution in [0.4, 0.5) is 5.69 Å². The zero-order valence-electron chi connectivity index (χ0n) is 10.2. The Hall–Kier alpha value is 0.443. The molecule has 1 aliphatic heterocycles. The van der Waals surface area contributed by atoms with Gasteiger partial charge in [-0.2, -0.15) is 7.05 Å². The molecule has 0 spiro atoms. The fourth-order valence-corrected chi connectivity index (χ4v) is 1.90. The molecule has 0 bridgehead atoms. The average Bonchev–Trinajstić information content (AvgIpc) is 2.71. The molecule has 0 saturated heterocycles. The van der Waals surface area contributed by atoms with Crippen molar-refractivity contribution >= 4 is 22.7 Å². The molecule has 1 aromatic carbocycles. The molecule has 0 aliphatic carbocycles. The summed E-state index contributed by atoms with van der Waals surface area (Å²) in [4.78, 5) is 0. The summed E-state index contributed by atoms with van der Waals surface area (Å²) >= 11 is -0.826. The van der Waals surface area contributed by atoms with Crippen LogP contribution in [-0.4, -0.2) is 20.1 Å². The van der Waals surface area contributed by atoms with Crippen LogP contribution in [0.25, 0.3) is 5.32 Å². The number of fused-ring (bicyclic) bond motifs is 1. The normalized spacial score (nSPS) is 15.6. The fraction of sp³-hybridized carbons (Fsp3) is 0.417. The van der Waals surface area contributed by atoms with Gasteiger partial charge in [0.25, 0.3) is 0 Å². The molecule has 5 heteroatoms. The summed E-state index contributed by atoms with van der Waals surface area (Å²) in [5.74, 6) is 0.667. The Bertz CT molecular complexity index is 310. The average molecular weight is 352 g/mol. The van der Waals surface area contributed by atoms with Crippen molar-refractivity contribution in [3.8, 4) is 0 Å². The summed E-state index contributed by atoms with van der Waals surface area (Å²) in [7, 11) is 11.8. The first-order valence-corrected chi connectivity index (χ1v) is 11.5. The molecule has 0 fully saturated rings. The van der Waals surface area contributed by atoms with Gasteiger partial charge >= 0.3 is 37.9 Å². The predicted molar refractivity (Wildman–Crippen MR) is 74.6 cm³/mol. The van der Waals surface area contributed by atoms with E-state index in [1.807, 2.05) is 7.05 Å². The van der Waals surface area contributed by atoms with Gasteiger partial charge in [-0.25, -0.2) is 0 Å². The molecule has 1 aliphatic rings. The van der Waals surface area contributed by atoms with Gasteiger partial charge in [0.1, 0.15) is 0 Å². The first-order chi connectivity index (χ1) is 7.83. The number of rotatable bonds is 3. The molecule has 1 N–H and O–H groups in total. The molecule has 17 heavy (non-hydrogen) atoms. The van der Waals surface area contributed by atoms with Crippen LogP contribution in [0.5, 0.6) is 0 Å². The summed E-state index contributed by atoms with van der Waals surface area (Å²) in [5.41, 5.74) is 2.77. The molecule has 2 rings (SSSR count). The van der Waals surface area contributed by atoms with Crippen LogP contribution < -0.4 is 5.32 Å². The number of para-hydroxylation sites is 1. The number of benzene rings is 1. The Balaban J connectivity index is 0.000000583. The molecule has 0 amide bonds. The van der Waals surface area contributed by atoms with Crippen LogP contribution in [0, 0.1) is 7.43 Å². The molecule has 2 nitrogen and oxygen atoms in total. The second-order valence-electron chi connectivity index (χ2n) is 3.57. The third-order valence-electron chi connectivity index (χ3n) is 2.64. The van der Waals surface area contributed by atoms with Gasteiger partial charge in [0.2, 0.25) is 0 Å². The Kier molecular flexibility index (Phi) is 10.6. The molecular weight excluding hydrogens is 334 g/mol. The van der Waals surface area contributed by atoms with Crippen LogP contribution in [0.1, 0.15) is 17.9 Å². The summed E-state index contributed by atoms with van der Waals surface area (Å²) in [5, 5.41) is 7.56. The van der Waals surface area contributed by atoms with Crippen molar-refractivity contribution in [2.45, 2.75) is 12.3 Å². The number of nitrogens with zero attached hydrogens (tertiary/aromatic N) is 1. The van der Waals surface area contributed by atoms with Crippen molar-refractivity contribution in [3.63, 3.8) is 0 Å². The monoisotopic (exact) mass is 350 g/mol. The van der Waals surface area contributed by atoms with Gasteiger partial charge in [-0.15, -0.1) is 6.54 Å². The van der Waals surface area contributed by atoms with Gasteiger partial charge in [0, 0.05) is 18.2 Å². The quantitative estimate of drug-likeness (QED) is 0.801. The summed E-state index contributed by atoms with van der Waals surface area (Å²) in [6.45, 7) is 2.05. The SMILES string of the molecule is C[N-]CCC1CNc2ccccc21.[CH3-].[Cl][Zr+2][Cl]. The van der Waals surface area contributed by atoms with Crippen LogP contribution in [0.3, 0.4) is 0 Å². The number of hydrogen-bond acceptors (Lipinski definition) is 1. The fourth-order valence-electron chi connectivity index (χ4n) is 1.90. The molecule has 1 aromatic rings. The summed E-state index contributed by atoms with van der Waals surface area (Å²) in [6.07, 6.45) is 1.17. The number of nitrogens with one attached hydrogen (secondary N) is 1. The van der Waals surface area contributed by atoms with Crippen molar-refractivity contribution in [2.75, 3.05) is 25.5 Å². The van der Waals surface area contributed by atoms with E-state index in [1.54, 1.807) is 0 Å². The molecule has 0 saturated carbocycles. The van der Waals surface area contributed by atoms with Crippen molar-refractivity contribution in [1.29, 1.82) is 0 Å². The van der Waals surface area contributed by atoms with Crippen LogP contribution in [-0.2, 0) is 20.8 Å². The van der Waals surface area contributed by atoms with E-state index >= 15 is 0 Å². The molecule has 1 atom stereocenters. The first kappa shape index (κ1) is 17.4. The molecular formula is C12H18Cl2N2Zr. The van der Waals surface area contributed by atoms with Gasteiger partial charge in [-0.3, -0.25) is 0 Å². The van der Waals surface area contributed by atoms with Crippen molar-refractivity contribution in [2.24, 2.45) is 0 Å². The van der Waals surface area contributed by atoms with E-state index in [1.165, 1.54) is 17.7 Å².